The minimum atomic E-state index is -3.80. The zero-order valence-corrected chi connectivity index (χ0v) is 16.4. The number of hydrogen-bond donors (Lipinski definition) is 1. The van der Waals surface area contributed by atoms with Gasteiger partial charge in [0.1, 0.15) is 5.82 Å². The lowest BCUT2D eigenvalue weighted by Gasteiger charge is -2.34. The van der Waals surface area contributed by atoms with E-state index in [2.05, 4.69) is 9.62 Å². The van der Waals surface area contributed by atoms with Crippen molar-refractivity contribution in [1.82, 2.24) is 9.62 Å². The number of morpholine rings is 1. The van der Waals surface area contributed by atoms with Crippen LogP contribution in [0.5, 0.6) is 0 Å². The van der Waals surface area contributed by atoms with Gasteiger partial charge in [0.2, 0.25) is 10.0 Å². The molecule has 0 aliphatic carbocycles. The van der Waals surface area contributed by atoms with Crippen molar-refractivity contribution in [2.45, 2.75) is 17.9 Å². The standard InChI is InChI=1S/C20H23FN2O4S/c1-15(24)17-3-2-4-19(13-17)28(25,26)22-14-20(23-9-11-27-12-10-23)16-5-7-18(21)8-6-16/h2-8,13,20,22H,9-12,14H2,1H3. The Balaban J connectivity index is 1.81. The van der Waals surface area contributed by atoms with E-state index in [1.807, 2.05) is 0 Å². The van der Waals surface area contributed by atoms with E-state index in [0.717, 1.165) is 5.56 Å². The van der Waals surface area contributed by atoms with Gasteiger partial charge in [0.25, 0.3) is 0 Å². The molecule has 0 bridgehead atoms. The first-order valence-electron chi connectivity index (χ1n) is 9.05. The highest BCUT2D eigenvalue weighted by Crippen LogP contribution is 2.23. The molecule has 1 atom stereocenters. The van der Waals surface area contributed by atoms with E-state index in [1.54, 1.807) is 24.3 Å². The molecule has 0 amide bonds. The van der Waals surface area contributed by atoms with Crippen molar-refractivity contribution in [2.75, 3.05) is 32.8 Å². The number of carbonyl (C=O) groups is 1. The van der Waals surface area contributed by atoms with Gasteiger partial charge in [-0.15, -0.1) is 0 Å². The molecule has 2 aromatic carbocycles. The third kappa shape index (κ3) is 5.02. The van der Waals surface area contributed by atoms with Crippen LogP contribution in [0.15, 0.2) is 53.4 Å². The molecule has 1 aliphatic rings. The van der Waals surface area contributed by atoms with Crippen molar-refractivity contribution in [3.05, 3.63) is 65.5 Å². The normalized spacial score (nSPS) is 16.6. The Morgan fingerprint density at radius 1 is 1.18 bits per heavy atom. The molecule has 1 saturated heterocycles. The molecule has 1 unspecified atom stereocenters. The predicted molar refractivity (Wildman–Crippen MR) is 103 cm³/mol. The van der Waals surface area contributed by atoms with Crippen LogP contribution in [0.1, 0.15) is 28.9 Å². The third-order valence-corrected chi connectivity index (χ3v) is 6.18. The Bertz CT molecular complexity index is 925. The van der Waals surface area contributed by atoms with Crippen molar-refractivity contribution < 1.29 is 22.3 Å². The van der Waals surface area contributed by atoms with E-state index in [-0.39, 0.29) is 29.1 Å². The molecule has 0 aromatic heterocycles. The molecule has 1 N–H and O–H groups in total. The largest absolute Gasteiger partial charge is 0.379 e. The first kappa shape index (κ1) is 20.6. The summed E-state index contributed by atoms with van der Waals surface area (Å²) in [6.45, 7) is 3.95. The summed E-state index contributed by atoms with van der Waals surface area (Å²) in [5.41, 5.74) is 1.16. The average Bonchev–Trinajstić information content (AvgIpc) is 2.70. The predicted octanol–water partition coefficient (Wildman–Crippen LogP) is 2.38. The molecular formula is C20H23FN2O4S. The zero-order valence-electron chi connectivity index (χ0n) is 15.6. The third-order valence-electron chi connectivity index (χ3n) is 4.76. The lowest BCUT2D eigenvalue weighted by Crippen LogP contribution is -2.43. The molecular weight excluding hydrogens is 383 g/mol. The highest BCUT2D eigenvalue weighted by molar-refractivity contribution is 7.89. The van der Waals surface area contributed by atoms with E-state index in [0.29, 0.717) is 31.9 Å². The van der Waals surface area contributed by atoms with Crippen molar-refractivity contribution >= 4 is 15.8 Å². The molecule has 1 heterocycles. The Morgan fingerprint density at radius 3 is 2.50 bits per heavy atom. The molecule has 150 valence electrons. The highest BCUT2D eigenvalue weighted by atomic mass is 32.2. The minimum Gasteiger partial charge on any atom is -0.379 e. The van der Waals surface area contributed by atoms with Gasteiger partial charge in [0.15, 0.2) is 5.78 Å². The van der Waals surface area contributed by atoms with Gasteiger partial charge in [-0.2, -0.15) is 0 Å². The second-order valence-electron chi connectivity index (χ2n) is 6.65. The fraction of sp³-hybridized carbons (Fsp3) is 0.350. The second-order valence-corrected chi connectivity index (χ2v) is 8.42. The van der Waals surface area contributed by atoms with Crippen LogP contribution in [0, 0.1) is 5.82 Å². The number of nitrogens with one attached hydrogen (secondary N) is 1. The molecule has 2 aromatic rings. The number of benzene rings is 2. The van der Waals surface area contributed by atoms with Crippen molar-refractivity contribution in [1.29, 1.82) is 0 Å². The lowest BCUT2D eigenvalue weighted by atomic mass is 10.0. The van der Waals surface area contributed by atoms with Crippen LogP contribution >= 0.6 is 0 Å². The first-order chi connectivity index (χ1) is 13.4. The smallest absolute Gasteiger partial charge is 0.240 e. The molecule has 0 saturated carbocycles. The Labute approximate surface area is 164 Å². The maximum atomic E-state index is 13.3. The average molecular weight is 406 g/mol. The SMILES string of the molecule is CC(=O)c1cccc(S(=O)(=O)NCC(c2ccc(F)cc2)N2CCOCC2)c1. The fourth-order valence-corrected chi connectivity index (χ4v) is 4.27. The number of nitrogens with zero attached hydrogens (tertiary/aromatic N) is 1. The summed E-state index contributed by atoms with van der Waals surface area (Å²) in [6.07, 6.45) is 0. The molecule has 0 radical (unpaired) electrons. The molecule has 0 spiro atoms. The summed E-state index contributed by atoms with van der Waals surface area (Å²) in [6, 6.07) is 11.8. The van der Waals surface area contributed by atoms with Gasteiger partial charge in [-0.05, 0) is 36.8 Å². The summed E-state index contributed by atoms with van der Waals surface area (Å²) >= 11 is 0. The molecule has 28 heavy (non-hydrogen) atoms. The maximum Gasteiger partial charge on any atom is 0.240 e. The van der Waals surface area contributed by atoms with E-state index < -0.39 is 10.0 Å². The molecule has 1 aliphatic heterocycles. The monoisotopic (exact) mass is 406 g/mol. The summed E-state index contributed by atoms with van der Waals surface area (Å²) in [7, 11) is -3.80. The highest BCUT2D eigenvalue weighted by Gasteiger charge is 2.25. The van der Waals surface area contributed by atoms with Crippen LogP contribution in [0.3, 0.4) is 0 Å². The van der Waals surface area contributed by atoms with Crippen LogP contribution in [-0.4, -0.2) is 51.9 Å². The summed E-state index contributed by atoms with van der Waals surface area (Å²) in [4.78, 5) is 13.7. The fourth-order valence-electron chi connectivity index (χ4n) is 3.19. The van der Waals surface area contributed by atoms with Crippen LogP contribution < -0.4 is 4.72 Å². The van der Waals surface area contributed by atoms with Crippen molar-refractivity contribution in [3.8, 4) is 0 Å². The van der Waals surface area contributed by atoms with Gasteiger partial charge in [0, 0.05) is 31.2 Å². The summed E-state index contributed by atoms with van der Waals surface area (Å²) in [5, 5.41) is 0. The van der Waals surface area contributed by atoms with E-state index in [9.17, 15) is 17.6 Å². The number of ketones is 1. The molecule has 1 fully saturated rings. The number of Topliss-reactive ketones (excluding diaryl/α,β-unsaturated/α-hetero) is 1. The summed E-state index contributed by atoms with van der Waals surface area (Å²) in [5.74, 6) is -0.541. The van der Waals surface area contributed by atoms with Gasteiger partial charge >= 0.3 is 0 Å². The van der Waals surface area contributed by atoms with Crippen LogP contribution in [0.25, 0.3) is 0 Å². The number of carbonyl (C=O) groups excluding carboxylic acids is 1. The number of halogens is 1. The Hall–Kier alpha value is -2.13. The topological polar surface area (TPSA) is 75.7 Å². The number of rotatable bonds is 7. The minimum absolute atomic E-state index is 0.0417. The zero-order chi connectivity index (χ0) is 20.1. The summed E-state index contributed by atoms with van der Waals surface area (Å²) < 4.78 is 46.8. The van der Waals surface area contributed by atoms with Gasteiger partial charge < -0.3 is 4.74 Å². The van der Waals surface area contributed by atoms with Crippen LogP contribution in [0.4, 0.5) is 4.39 Å². The van der Waals surface area contributed by atoms with Crippen molar-refractivity contribution in [2.24, 2.45) is 0 Å². The van der Waals surface area contributed by atoms with E-state index in [4.69, 9.17) is 4.74 Å². The quantitative estimate of drug-likeness (QED) is 0.715. The van der Waals surface area contributed by atoms with Crippen molar-refractivity contribution in [3.63, 3.8) is 0 Å². The molecule has 6 nitrogen and oxygen atoms in total. The molecule has 3 rings (SSSR count). The van der Waals surface area contributed by atoms with Gasteiger partial charge in [-0.3, -0.25) is 9.69 Å². The number of hydrogen-bond acceptors (Lipinski definition) is 5. The Morgan fingerprint density at radius 2 is 1.86 bits per heavy atom. The number of ether oxygens (including phenoxy) is 1. The van der Waals surface area contributed by atoms with Crippen LogP contribution in [0.2, 0.25) is 0 Å². The first-order valence-corrected chi connectivity index (χ1v) is 10.5. The van der Waals surface area contributed by atoms with Gasteiger partial charge in [-0.1, -0.05) is 24.3 Å². The van der Waals surface area contributed by atoms with E-state index in [1.165, 1.54) is 31.2 Å². The Kier molecular flexibility index (Phi) is 6.56. The second kappa shape index (κ2) is 8.91. The van der Waals surface area contributed by atoms with E-state index >= 15 is 0 Å². The molecule has 8 heteroatoms. The van der Waals surface area contributed by atoms with Crippen LogP contribution in [-0.2, 0) is 14.8 Å². The lowest BCUT2D eigenvalue weighted by molar-refractivity contribution is 0.0172. The maximum absolute atomic E-state index is 13.3. The van der Waals surface area contributed by atoms with Gasteiger partial charge in [0.05, 0.1) is 18.1 Å². The van der Waals surface area contributed by atoms with Gasteiger partial charge in [-0.25, -0.2) is 17.5 Å². The number of sulfonamides is 1.